The first-order chi connectivity index (χ1) is 17.1. The number of carbonyl (C=O) groups is 3. The molecule has 2 amide bonds. The van der Waals surface area contributed by atoms with Gasteiger partial charge < -0.3 is 10.2 Å². The summed E-state index contributed by atoms with van der Waals surface area (Å²) in [6.45, 7) is 1.82. The van der Waals surface area contributed by atoms with Crippen LogP contribution in [0.25, 0.3) is 0 Å². The Morgan fingerprint density at radius 1 is 1.14 bits per heavy atom. The third-order valence-corrected chi connectivity index (χ3v) is 9.01. The summed E-state index contributed by atoms with van der Waals surface area (Å²) in [6, 6.07) is 8.93. The number of anilines is 1. The molecule has 0 bridgehead atoms. The van der Waals surface area contributed by atoms with Crippen LogP contribution < -0.4 is 10.2 Å². The zero-order valence-corrected chi connectivity index (χ0v) is 22.2. The molecule has 2 saturated heterocycles. The van der Waals surface area contributed by atoms with Crippen molar-refractivity contribution in [3.05, 3.63) is 57.0 Å². The van der Waals surface area contributed by atoms with Crippen molar-refractivity contribution in [2.24, 2.45) is 17.8 Å². The SMILES string of the molecule is Cc1ccc(N2C(=O)C3C(c4cc(Br)ccc4O)NC(CC4CCCCC4)(C(=O)O)C3C2=O)cc1Cl. The van der Waals surface area contributed by atoms with Crippen molar-refractivity contribution in [1.29, 1.82) is 0 Å². The van der Waals surface area contributed by atoms with Gasteiger partial charge >= 0.3 is 5.97 Å². The number of carboxylic acid groups (broad SMARTS) is 1. The third-order valence-electron chi connectivity index (χ3n) is 8.11. The van der Waals surface area contributed by atoms with Gasteiger partial charge in [0.15, 0.2) is 0 Å². The van der Waals surface area contributed by atoms with E-state index in [0.717, 1.165) is 42.6 Å². The van der Waals surface area contributed by atoms with Gasteiger partial charge in [-0.1, -0.05) is 65.7 Å². The number of phenolic OH excluding ortho intramolecular Hbond substituents is 1. The molecule has 3 aliphatic rings. The van der Waals surface area contributed by atoms with E-state index in [-0.39, 0.29) is 18.1 Å². The Labute approximate surface area is 222 Å². The summed E-state index contributed by atoms with van der Waals surface area (Å²) < 4.78 is 0.674. The Hall–Kier alpha value is -2.42. The minimum Gasteiger partial charge on any atom is -0.508 e. The average molecular weight is 576 g/mol. The van der Waals surface area contributed by atoms with Crippen molar-refractivity contribution in [2.45, 2.75) is 57.0 Å². The normalized spacial score (nSPS) is 28.5. The summed E-state index contributed by atoms with van der Waals surface area (Å²) in [5, 5.41) is 25.0. The monoisotopic (exact) mass is 574 g/mol. The van der Waals surface area contributed by atoms with Crippen LogP contribution in [0.4, 0.5) is 5.69 Å². The Balaban J connectivity index is 1.64. The maximum atomic E-state index is 14.0. The number of nitrogens with one attached hydrogen (secondary N) is 1. The van der Waals surface area contributed by atoms with Crippen molar-refractivity contribution in [3.8, 4) is 5.75 Å². The van der Waals surface area contributed by atoms with Crippen LogP contribution >= 0.6 is 27.5 Å². The molecule has 2 heterocycles. The molecule has 1 aliphatic carbocycles. The summed E-state index contributed by atoms with van der Waals surface area (Å²) >= 11 is 9.72. The smallest absolute Gasteiger partial charge is 0.324 e. The first-order valence-corrected chi connectivity index (χ1v) is 13.4. The Kier molecular flexibility index (Phi) is 6.64. The number of benzene rings is 2. The first-order valence-electron chi connectivity index (χ1n) is 12.3. The Morgan fingerprint density at radius 3 is 2.53 bits per heavy atom. The first kappa shape index (κ1) is 25.2. The molecule has 2 aliphatic heterocycles. The van der Waals surface area contributed by atoms with Crippen LogP contribution in [0.2, 0.25) is 5.02 Å². The summed E-state index contributed by atoms with van der Waals surface area (Å²) in [6.07, 6.45) is 5.18. The lowest BCUT2D eigenvalue weighted by Gasteiger charge is -2.35. The molecule has 190 valence electrons. The third kappa shape index (κ3) is 4.03. The number of amides is 2. The van der Waals surface area contributed by atoms with Crippen LogP contribution in [0.3, 0.4) is 0 Å². The molecule has 4 atom stereocenters. The van der Waals surface area contributed by atoms with Crippen LogP contribution in [0.15, 0.2) is 40.9 Å². The summed E-state index contributed by atoms with van der Waals surface area (Å²) in [5.41, 5.74) is -0.127. The van der Waals surface area contributed by atoms with Crippen molar-refractivity contribution in [2.75, 3.05) is 4.90 Å². The minimum atomic E-state index is -1.64. The van der Waals surface area contributed by atoms with Crippen LogP contribution in [0, 0.1) is 24.7 Å². The highest BCUT2D eigenvalue weighted by molar-refractivity contribution is 9.10. The number of fused-ring (bicyclic) bond motifs is 1. The van der Waals surface area contributed by atoms with Crippen LogP contribution in [0.1, 0.15) is 55.7 Å². The molecule has 2 aromatic rings. The number of carboxylic acids is 1. The second-order valence-corrected chi connectivity index (χ2v) is 11.6. The molecule has 0 radical (unpaired) electrons. The van der Waals surface area contributed by atoms with E-state index in [2.05, 4.69) is 21.2 Å². The minimum absolute atomic E-state index is 0.0645. The fourth-order valence-electron chi connectivity index (χ4n) is 6.34. The van der Waals surface area contributed by atoms with E-state index in [0.29, 0.717) is 20.7 Å². The van der Waals surface area contributed by atoms with Gasteiger partial charge in [-0.3, -0.25) is 19.7 Å². The van der Waals surface area contributed by atoms with Gasteiger partial charge in [0, 0.05) is 21.1 Å². The molecule has 2 aromatic carbocycles. The van der Waals surface area contributed by atoms with Gasteiger partial charge in [0.05, 0.1) is 17.5 Å². The van der Waals surface area contributed by atoms with Crippen LogP contribution in [-0.4, -0.2) is 33.5 Å². The van der Waals surface area contributed by atoms with Crippen LogP contribution in [0.5, 0.6) is 5.75 Å². The number of imide groups is 1. The van der Waals surface area contributed by atoms with E-state index in [4.69, 9.17) is 11.6 Å². The van der Waals surface area contributed by atoms with E-state index in [9.17, 15) is 24.6 Å². The van der Waals surface area contributed by atoms with Gasteiger partial charge in [0.1, 0.15) is 11.3 Å². The second kappa shape index (κ2) is 9.47. The van der Waals surface area contributed by atoms with Gasteiger partial charge in [-0.2, -0.15) is 0 Å². The number of hydrogen-bond donors (Lipinski definition) is 3. The number of carbonyl (C=O) groups excluding carboxylic acids is 2. The molecule has 0 spiro atoms. The molecule has 7 nitrogen and oxygen atoms in total. The number of aryl methyl sites for hydroxylation is 1. The second-order valence-electron chi connectivity index (χ2n) is 10.3. The Morgan fingerprint density at radius 2 is 1.86 bits per heavy atom. The summed E-state index contributed by atoms with van der Waals surface area (Å²) in [7, 11) is 0. The van der Waals surface area contributed by atoms with E-state index < -0.39 is 41.2 Å². The predicted molar refractivity (Wildman–Crippen MR) is 139 cm³/mol. The molecule has 0 aromatic heterocycles. The van der Waals surface area contributed by atoms with Gasteiger partial charge in [-0.25, -0.2) is 4.90 Å². The highest BCUT2D eigenvalue weighted by atomic mass is 79.9. The highest BCUT2D eigenvalue weighted by Crippen LogP contribution is 2.54. The molecule has 36 heavy (non-hydrogen) atoms. The summed E-state index contributed by atoms with van der Waals surface area (Å²) in [4.78, 5) is 42.0. The summed E-state index contributed by atoms with van der Waals surface area (Å²) in [5.74, 6) is -4.23. The molecular formula is C27H28BrClN2O5. The van der Waals surface area contributed by atoms with Crippen molar-refractivity contribution in [1.82, 2.24) is 5.32 Å². The predicted octanol–water partition coefficient (Wildman–Crippen LogP) is 5.36. The van der Waals surface area contributed by atoms with Crippen molar-refractivity contribution < 1.29 is 24.6 Å². The number of halogens is 2. The molecule has 3 N–H and O–H groups in total. The molecule has 9 heteroatoms. The van der Waals surface area contributed by atoms with Crippen molar-refractivity contribution in [3.63, 3.8) is 0 Å². The molecule has 4 unspecified atom stereocenters. The fourth-order valence-corrected chi connectivity index (χ4v) is 6.89. The zero-order chi connectivity index (χ0) is 25.8. The number of nitrogens with zero attached hydrogens (tertiary/aromatic N) is 1. The highest BCUT2D eigenvalue weighted by Gasteiger charge is 2.69. The maximum Gasteiger partial charge on any atom is 0.324 e. The number of hydrogen-bond acceptors (Lipinski definition) is 5. The largest absolute Gasteiger partial charge is 0.508 e. The molecule has 5 rings (SSSR count). The maximum absolute atomic E-state index is 14.0. The van der Waals surface area contributed by atoms with E-state index >= 15 is 0 Å². The van der Waals surface area contributed by atoms with Crippen molar-refractivity contribution >= 4 is 51.0 Å². The quantitative estimate of drug-likeness (QED) is 0.415. The zero-order valence-electron chi connectivity index (χ0n) is 19.8. The standard InChI is InChI=1S/C27H28BrClN2O5/c1-14-7-9-17(12-19(14)29)31-24(33)21-22(25(31)34)27(26(35)36,13-15-5-3-2-4-6-15)30-23(21)18-11-16(28)8-10-20(18)32/h7-12,15,21-23,30,32H,2-6,13H2,1H3,(H,35,36). The van der Waals surface area contributed by atoms with Gasteiger partial charge in [-0.05, 0) is 55.2 Å². The average Bonchev–Trinajstić information content (AvgIpc) is 3.32. The lowest BCUT2D eigenvalue weighted by Crippen LogP contribution is -2.57. The Bertz CT molecular complexity index is 1250. The molecular weight excluding hydrogens is 548 g/mol. The fraction of sp³-hybridized carbons (Fsp3) is 0.444. The molecule has 1 saturated carbocycles. The van der Waals surface area contributed by atoms with E-state index in [1.54, 1.807) is 30.3 Å². The van der Waals surface area contributed by atoms with E-state index in [1.807, 2.05) is 6.92 Å². The lowest BCUT2D eigenvalue weighted by molar-refractivity contribution is -0.150. The van der Waals surface area contributed by atoms with Gasteiger partial charge in [0.25, 0.3) is 0 Å². The number of phenols is 1. The van der Waals surface area contributed by atoms with Gasteiger partial charge in [0.2, 0.25) is 11.8 Å². The van der Waals surface area contributed by atoms with E-state index in [1.165, 1.54) is 6.07 Å². The molecule has 3 fully saturated rings. The van der Waals surface area contributed by atoms with Crippen LogP contribution in [-0.2, 0) is 14.4 Å². The number of aliphatic carboxylic acids is 1. The van der Waals surface area contributed by atoms with Gasteiger partial charge in [-0.15, -0.1) is 0 Å². The number of aromatic hydroxyl groups is 1. The number of rotatable bonds is 5. The lowest BCUT2D eigenvalue weighted by atomic mass is 9.72. The topological polar surface area (TPSA) is 107 Å².